The van der Waals surface area contributed by atoms with Crippen LogP contribution in [0.2, 0.25) is 10.0 Å². The number of nitrogens with one attached hydrogen (secondary N) is 1. The van der Waals surface area contributed by atoms with E-state index < -0.39 is 0 Å². The SMILES string of the molecule is Clc1ccc(N2CCN(Cc3cnc(-c4ccccc4)[nH]3)CC2)cc1Cl. The van der Waals surface area contributed by atoms with Crippen LogP contribution >= 0.6 is 23.2 Å². The highest BCUT2D eigenvalue weighted by molar-refractivity contribution is 6.42. The van der Waals surface area contributed by atoms with Crippen molar-refractivity contribution in [3.8, 4) is 11.4 Å². The molecule has 0 spiro atoms. The third-order valence-electron chi connectivity index (χ3n) is 4.71. The number of halogens is 2. The van der Waals surface area contributed by atoms with Gasteiger partial charge in [0.15, 0.2) is 0 Å². The van der Waals surface area contributed by atoms with Crippen molar-refractivity contribution in [2.24, 2.45) is 0 Å². The van der Waals surface area contributed by atoms with Gasteiger partial charge in [0.1, 0.15) is 5.82 Å². The minimum atomic E-state index is 0.600. The molecule has 1 aliphatic rings. The Labute approximate surface area is 163 Å². The van der Waals surface area contributed by atoms with Crippen molar-refractivity contribution in [1.82, 2.24) is 14.9 Å². The monoisotopic (exact) mass is 386 g/mol. The standard InChI is InChI=1S/C20H20Cl2N4/c21-18-7-6-17(12-19(18)22)26-10-8-25(9-11-26)14-16-13-23-20(24-16)15-4-2-1-3-5-15/h1-7,12-13H,8-11,14H2,(H,23,24). The fourth-order valence-electron chi connectivity index (χ4n) is 3.27. The first-order valence-electron chi connectivity index (χ1n) is 8.71. The van der Waals surface area contributed by atoms with Crippen molar-refractivity contribution in [2.45, 2.75) is 6.54 Å². The van der Waals surface area contributed by atoms with E-state index in [1.54, 1.807) is 0 Å². The summed E-state index contributed by atoms with van der Waals surface area (Å²) < 4.78 is 0. The Balaban J connectivity index is 1.35. The van der Waals surface area contributed by atoms with Gasteiger partial charge < -0.3 is 9.88 Å². The van der Waals surface area contributed by atoms with Crippen molar-refractivity contribution in [1.29, 1.82) is 0 Å². The third-order valence-corrected chi connectivity index (χ3v) is 5.45. The Kier molecular flexibility index (Phi) is 5.16. The van der Waals surface area contributed by atoms with Crippen molar-refractivity contribution in [2.75, 3.05) is 31.1 Å². The highest BCUT2D eigenvalue weighted by atomic mass is 35.5. The smallest absolute Gasteiger partial charge is 0.137 e. The first-order chi connectivity index (χ1) is 12.7. The second kappa shape index (κ2) is 7.70. The van der Waals surface area contributed by atoms with E-state index in [2.05, 4.69) is 31.9 Å². The Morgan fingerprint density at radius 1 is 0.923 bits per heavy atom. The van der Waals surface area contributed by atoms with Crippen molar-refractivity contribution >= 4 is 28.9 Å². The molecule has 1 fully saturated rings. The molecule has 0 unspecified atom stereocenters. The van der Waals surface area contributed by atoms with E-state index in [1.807, 2.05) is 42.6 Å². The van der Waals surface area contributed by atoms with Gasteiger partial charge in [-0.15, -0.1) is 0 Å². The minimum Gasteiger partial charge on any atom is -0.369 e. The molecule has 1 saturated heterocycles. The molecule has 1 aromatic heterocycles. The fourth-order valence-corrected chi connectivity index (χ4v) is 3.56. The lowest BCUT2D eigenvalue weighted by molar-refractivity contribution is 0.247. The second-order valence-electron chi connectivity index (χ2n) is 6.48. The molecule has 26 heavy (non-hydrogen) atoms. The number of aromatic nitrogens is 2. The topological polar surface area (TPSA) is 35.2 Å². The third kappa shape index (κ3) is 3.88. The summed E-state index contributed by atoms with van der Waals surface area (Å²) in [5, 5.41) is 1.21. The number of anilines is 1. The van der Waals surface area contributed by atoms with Crippen LogP contribution in [-0.4, -0.2) is 41.0 Å². The maximum Gasteiger partial charge on any atom is 0.137 e. The fraction of sp³-hybridized carbons (Fsp3) is 0.250. The highest BCUT2D eigenvalue weighted by Gasteiger charge is 2.18. The number of hydrogen-bond acceptors (Lipinski definition) is 3. The number of imidazole rings is 1. The Hall–Kier alpha value is -2.01. The molecule has 4 rings (SSSR count). The largest absolute Gasteiger partial charge is 0.369 e. The van der Waals surface area contributed by atoms with Crippen LogP contribution in [0.1, 0.15) is 5.69 Å². The molecular weight excluding hydrogens is 367 g/mol. The summed E-state index contributed by atoms with van der Waals surface area (Å²) in [5.74, 6) is 0.926. The van der Waals surface area contributed by atoms with E-state index in [4.69, 9.17) is 23.2 Å². The van der Waals surface area contributed by atoms with E-state index in [9.17, 15) is 0 Å². The molecule has 0 amide bonds. The molecule has 0 aliphatic carbocycles. The van der Waals surface area contributed by atoms with Gasteiger partial charge in [0.25, 0.3) is 0 Å². The Morgan fingerprint density at radius 2 is 1.69 bits per heavy atom. The van der Waals surface area contributed by atoms with Crippen LogP contribution in [-0.2, 0) is 6.54 Å². The average Bonchev–Trinajstić information content (AvgIpc) is 3.14. The molecule has 0 radical (unpaired) electrons. The first-order valence-corrected chi connectivity index (χ1v) is 9.46. The van der Waals surface area contributed by atoms with Gasteiger partial charge in [0, 0.05) is 55.9 Å². The number of nitrogens with zero attached hydrogens (tertiary/aromatic N) is 3. The zero-order valence-corrected chi connectivity index (χ0v) is 15.8. The molecular formula is C20H20Cl2N4. The van der Waals surface area contributed by atoms with Crippen LogP contribution in [0.15, 0.2) is 54.7 Å². The summed E-state index contributed by atoms with van der Waals surface area (Å²) in [7, 11) is 0. The molecule has 0 bridgehead atoms. The maximum absolute atomic E-state index is 6.14. The van der Waals surface area contributed by atoms with E-state index in [0.29, 0.717) is 10.0 Å². The van der Waals surface area contributed by atoms with E-state index in [0.717, 1.165) is 55.5 Å². The van der Waals surface area contributed by atoms with Gasteiger partial charge in [-0.25, -0.2) is 4.98 Å². The lowest BCUT2D eigenvalue weighted by Gasteiger charge is -2.36. The quantitative estimate of drug-likeness (QED) is 0.705. The molecule has 6 heteroatoms. The summed E-state index contributed by atoms with van der Waals surface area (Å²) in [6.45, 7) is 4.82. The van der Waals surface area contributed by atoms with Crippen LogP contribution in [0.5, 0.6) is 0 Å². The zero-order valence-electron chi connectivity index (χ0n) is 14.3. The van der Waals surface area contributed by atoms with Crippen LogP contribution in [0.3, 0.4) is 0 Å². The summed E-state index contributed by atoms with van der Waals surface area (Å²) in [5.41, 5.74) is 3.39. The van der Waals surface area contributed by atoms with Crippen LogP contribution in [0.25, 0.3) is 11.4 Å². The lowest BCUT2D eigenvalue weighted by Crippen LogP contribution is -2.46. The van der Waals surface area contributed by atoms with E-state index >= 15 is 0 Å². The highest BCUT2D eigenvalue weighted by Crippen LogP contribution is 2.28. The van der Waals surface area contributed by atoms with E-state index in [-0.39, 0.29) is 0 Å². The molecule has 4 nitrogen and oxygen atoms in total. The molecule has 134 valence electrons. The van der Waals surface area contributed by atoms with Crippen molar-refractivity contribution in [3.63, 3.8) is 0 Å². The predicted octanol–water partition coefficient (Wildman–Crippen LogP) is 4.71. The van der Waals surface area contributed by atoms with Gasteiger partial charge in [-0.3, -0.25) is 4.90 Å². The molecule has 1 N–H and O–H groups in total. The summed E-state index contributed by atoms with van der Waals surface area (Å²) in [4.78, 5) is 12.7. The Morgan fingerprint density at radius 3 is 2.42 bits per heavy atom. The number of benzene rings is 2. The van der Waals surface area contributed by atoms with Gasteiger partial charge >= 0.3 is 0 Å². The maximum atomic E-state index is 6.14. The molecule has 2 heterocycles. The van der Waals surface area contributed by atoms with Crippen molar-refractivity contribution < 1.29 is 0 Å². The first kappa shape index (κ1) is 17.4. The second-order valence-corrected chi connectivity index (χ2v) is 7.30. The molecule has 2 aromatic carbocycles. The van der Waals surface area contributed by atoms with Gasteiger partial charge in [-0.2, -0.15) is 0 Å². The normalized spacial score (nSPS) is 15.4. The number of H-pyrrole nitrogens is 1. The van der Waals surface area contributed by atoms with Crippen LogP contribution < -0.4 is 4.90 Å². The molecule has 0 atom stereocenters. The number of piperazine rings is 1. The number of hydrogen-bond donors (Lipinski definition) is 1. The van der Waals surface area contributed by atoms with Gasteiger partial charge in [0.2, 0.25) is 0 Å². The summed E-state index contributed by atoms with van der Waals surface area (Å²) >= 11 is 12.2. The van der Waals surface area contributed by atoms with Crippen LogP contribution in [0, 0.1) is 0 Å². The van der Waals surface area contributed by atoms with Gasteiger partial charge in [0.05, 0.1) is 10.0 Å². The molecule has 1 aliphatic heterocycles. The molecule has 0 saturated carbocycles. The number of rotatable bonds is 4. The summed E-state index contributed by atoms with van der Waals surface area (Å²) in [6, 6.07) is 16.0. The average molecular weight is 387 g/mol. The zero-order chi connectivity index (χ0) is 17.9. The van der Waals surface area contributed by atoms with Crippen LogP contribution in [0.4, 0.5) is 5.69 Å². The van der Waals surface area contributed by atoms with Crippen molar-refractivity contribution in [3.05, 3.63) is 70.5 Å². The van der Waals surface area contributed by atoms with Gasteiger partial charge in [-0.1, -0.05) is 53.5 Å². The molecule has 3 aromatic rings. The van der Waals surface area contributed by atoms with Gasteiger partial charge in [-0.05, 0) is 18.2 Å². The summed E-state index contributed by atoms with van der Waals surface area (Å²) in [6.07, 6.45) is 1.94. The predicted molar refractivity (Wildman–Crippen MR) is 108 cm³/mol. The Bertz CT molecular complexity index is 871. The number of aromatic amines is 1. The van der Waals surface area contributed by atoms with E-state index in [1.165, 1.54) is 0 Å². The minimum absolute atomic E-state index is 0.600. The lowest BCUT2D eigenvalue weighted by atomic mass is 10.2.